The molecule has 0 saturated carbocycles. The highest BCUT2D eigenvalue weighted by Gasteiger charge is 2.40. The Kier molecular flexibility index (Phi) is 6.80. The number of halogens is 1. The lowest BCUT2D eigenvalue weighted by Gasteiger charge is -2.22. The van der Waals surface area contributed by atoms with Crippen LogP contribution in [0.2, 0.25) is 5.02 Å². The first kappa shape index (κ1) is 22.3. The Labute approximate surface area is 181 Å². The SMILES string of the molecule is Cc1ccc(NC(=O)COC(=O)[C@@H]2CCCN2S(=O)(=O)c2ccc(Cl)cc2)c(C)c1. The number of hydrogen-bond acceptors (Lipinski definition) is 5. The summed E-state index contributed by atoms with van der Waals surface area (Å²) in [6, 6.07) is 10.4. The monoisotopic (exact) mass is 450 g/mol. The fraction of sp³-hybridized carbons (Fsp3) is 0.333. The standard InChI is InChI=1S/C21H23ClN2O5S/c1-14-5-10-18(15(2)12-14)23-20(25)13-29-21(26)19-4-3-11-24(19)30(27,28)17-8-6-16(22)7-9-17/h5-10,12,19H,3-4,11,13H2,1-2H3,(H,23,25)/t19-/m0/s1. The Balaban J connectivity index is 1.63. The van der Waals surface area contributed by atoms with Crippen molar-refractivity contribution in [2.75, 3.05) is 18.5 Å². The maximum absolute atomic E-state index is 12.9. The number of hydrogen-bond donors (Lipinski definition) is 1. The van der Waals surface area contributed by atoms with Crippen molar-refractivity contribution in [2.45, 2.75) is 37.6 Å². The number of esters is 1. The zero-order chi connectivity index (χ0) is 21.9. The van der Waals surface area contributed by atoms with Crippen molar-refractivity contribution >= 4 is 39.2 Å². The lowest BCUT2D eigenvalue weighted by Crippen LogP contribution is -2.42. The predicted molar refractivity (Wildman–Crippen MR) is 114 cm³/mol. The molecular weight excluding hydrogens is 428 g/mol. The minimum absolute atomic E-state index is 0.0548. The zero-order valence-corrected chi connectivity index (χ0v) is 18.3. The molecule has 0 aliphatic carbocycles. The van der Waals surface area contributed by atoms with Crippen LogP contribution in [-0.2, 0) is 24.3 Å². The molecule has 30 heavy (non-hydrogen) atoms. The number of sulfonamides is 1. The van der Waals surface area contributed by atoms with Crippen molar-refractivity contribution in [3.63, 3.8) is 0 Å². The van der Waals surface area contributed by atoms with E-state index in [1.807, 2.05) is 26.0 Å². The van der Waals surface area contributed by atoms with Crippen LogP contribution in [0, 0.1) is 13.8 Å². The molecule has 1 heterocycles. The molecule has 2 aromatic carbocycles. The first-order valence-electron chi connectivity index (χ1n) is 9.49. The van der Waals surface area contributed by atoms with E-state index in [0.29, 0.717) is 23.6 Å². The maximum atomic E-state index is 12.9. The molecule has 1 aliphatic heterocycles. The number of nitrogens with zero attached hydrogens (tertiary/aromatic N) is 1. The molecule has 9 heteroatoms. The summed E-state index contributed by atoms with van der Waals surface area (Å²) in [4.78, 5) is 24.7. The average Bonchev–Trinajstić information content (AvgIpc) is 3.19. The Morgan fingerprint density at radius 3 is 2.53 bits per heavy atom. The summed E-state index contributed by atoms with van der Waals surface area (Å²) < 4.78 is 32.1. The van der Waals surface area contributed by atoms with E-state index < -0.39 is 34.5 Å². The van der Waals surface area contributed by atoms with Crippen molar-refractivity contribution in [1.29, 1.82) is 0 Å². The number of ether oxygens (including phenoxy) is 1. The molecule has 0 spiro atoms. The molecule has 1 aliphatic rings. The number of carbonyl (C=O) groups excluding carboxylic acids is 2. The molecule has 0 bridgehead atoms. The number of carbonyl (C=O) groups is 2. The summed E-state index contributed by atoms with van der Waals surface area (Å²) >= 11 is 5.83. The number of benzene rings is 2. The van der Waals surface area contributed by atoms with Crippen molar-refractivity contribution < 1.29 is 22.7 Å². The van der Waals surface area contributed by atoms with E-state index in [4.69, 9.17) is 16.3 Å². The van der Waals surface area contributed by atoms with Gasteiger partial charge in [-0.15, -0.1) is 0 Å². The van der Waals surface area contributed by atoms with Gasteiger partial charge < -0.3 is 10.1 Å². The summed E-state index contributed by atoms with van der Waals surface area (Å²) in [6.45, 7) is 3.54. The first-order valence-corrected chi connectivity index (χ1v) is 11.3. The van der Waals surface area contributed by atoms with Crippen molar-refractivity contribution in [1.82, 2.24) is 4.31 Å². The second-order valence-corrected chi connectivity index (χ2v) is 9.53. The maximum Gasteiger partial charge on any atom is 0.324 e. The van der Waals surface area contributed by atoms with Crippen LogP contribution < -0.4 is 5.32 Å². The molecule has 2 aromatic rings. The Bertz CT molecular complexity index is 1050. The highest BCUT2D eigenvalue weighted by Crippen LogP contribution is 2.27. The number of amides is 1. The van der Waals surface area contributed by atoms with E-state index in [2.05, 4.69) is 5.32 Å². The van der Waals surface area contributed by atoms with Crippen LogP contribution in [0.3, 0.4) is 0 Å². The van der Waals surface area contributed by atoms with Gasteiger partial charge in [0.05, 0.1) is 4.90 Å². The van der Waals surface area contributed by atoms with E-state index in [-0.39, 0.29) is 11.4 Å². The molecule has 1 atom stereocenters. The number of anilines is 1. The second kappa shape index (κ2) is 9.16. The topological polar surface area (TPSA) is 92.8 Å². The highest BCUT2D eigenvalue weighted by molar-refractivity contribution is 7.89. The van der Waals surface area contributed by atoms with Crippen LogP contribution in [0.4, 0.5) is 5.69 Å². The molecule has 1 fully saturated rings. The van der Waals surface area contributed by atoms with Gasteiger partial charge in [0.25, 0.3) is 5.91 Å². The zero-order valence-electron chi connectivity index (χ0n) is 16.7. The van der Waals surface area contributed by atoms with Crippen molar-refractivity contribution in [2.24, 2.45) is 0 Å². The molecule has 1 N–H and O–H groups in total. The highest BCUT2D eigenvalue weighted by atomic mass is 35.5. The van der Waals surface area contributed by atoms with E-state index in [1.54, 1.807) is 6.07 Å². The van der Waals surface area contributed by atoms with Gasteiger partial charge in [-0.2, -0.15) is 4.31 Å². The lowest BCUT2D eigenvalue weighted by atomic mass is 10.1. The lowest BCUT2D eigenvalue weighted by molar-refractivity contribution is -0.150. The van der Waals surface area contributed by atoms with E-state index in [1.165, 1.54) is 24.3 Å². The van der Waals surface area contributed by atoms with Crippen molar-refractivity contribution in [3.05, 3.63) is 58.6 Å². The Morgan fingerprint density at radius 2 is 1.87 bits per heavy atom. The van der Waals surface area contributed by atoms with Crippen LogP contribution in [0.1, 0.15) is 24.0 Å². The smallest absolute Gasteiger partial charge is 0.324 e. The van der Waals surface area contributed by atoms with Crippen LogP contribution in [0.25, 0.3) is 0 Å². The van der Waals surface area contributed by atoms with Gasteiger partial charge in [-0.25, -0.2) is 8.42 Å². The first-order chi connectivity index (χ1) is 14.2. The molecule has 0 unspecified atom stereocenters. The molecule has 0 aromatic heterocycles. The summed E-state index contributed by atoms with van der Waals surface area (Å²) in [5.41, 5.74) is 2.60. The number of nitrogens with one attached hydrogen (secondary N) is 1. The summed E-state index contributed by atoms with van der Waals surface area (Å²) in [5.74, 6) is -1.22. The van der Waals surface area contributed by atoms with Crippen LogP contribution in [-0.4, -0.2) is 43.8 Å². The van der Waals surface area contributed by atoms with Gasteiger partial charge >= 0.3 is 5.97 Å². The summed E-state index contributed by atoms with van der Waals surface area (Å²) in [6.07, 6.45) is 0.867. The summed E-state index contributed by atoms with van der Waals surface area (Å²) in [7, 11) is -3.87. The Hall–Kier alpha value is -2.42. The number of aryl methyl sites for hydroxylation is 2. The molecule has 160 valence electrons. The van der Waals surface area contributed by atoms with Gasteiger partial charge in [-0.3, -0.25) is 9.59 Å². The normalized spacial score (nSPS) is 17.0. The third-order valence-corrected chi connectivity index (χ3v) is 7.07. The Morgan fingerprint density at radius 1 is 1.17 bits per heavy atom. The van der Waals surface area contributed by atoms with Crippen LogP contribution >= 0.6 is 11.6 Å². The molecule has 0 radical (unpaired) electrons. The third-order valence-electron chi connectivity index (χ3n) is 4.90. The third kappa shape index (κ3) is 5.00. The molecule has 1 saturated heterocycles. The van der Waals surface area contributed by atoms with Gasteiger partial charge in [0, 0.05) is 17.3 Å². The predicted octanol–water partition coefficient (Wildman–Crippen LogP) is 3.29. The van der Waals surface area contributed by atoms with Gasteiger partial charge in [-0.1, -0.05) is 29.3 Å². The van der Waals surface area contributed by atoms with Crippen LogP contribution in [0.15, 0.2) is 47.4 Å². The second-order valence-electron chi connectivity index (χ2n) is 7.20. The number of rotatable bonds is 6. The minimum Gasteiger partial charge on any atom is -0.454 e. The van der Waals surface area contributed by atoms with Crippen LogP contribution in [0.5, 0.6) is 0 Å². The average molecular weight is 451 g/mol. The quantitative estimate of drug-likeness (QED) is 0.681. The molecule has 7 nitrogen and oxygen atoms in total. The fourth-order valence-electron chi connectivity index (χ4n) is 3.38. The van der Waals surface area contributed by atoms with Crippen molar-refractivity contribution in [3.8, 4) is 0 Å². The van der Waals surface area contributed by atoms with Gasteiger partial charge in [0.2, 0.25) is 10.0 Å². The van der Waals surface area contributed by atoms with Gasteiger partial charge in [0.1, 0.15) is 6.04 Å². The fourth-order valence-corrected chi connectivity index (χ4v) is 5.15. The minimum atomic E-state index is -3.87. The molecule has 1 amide bonds. The van der Waals surface area contributed by atoms with Gasteiger partial charge in [0.15, 0.2) is 6.61 Å². The van der Waals surface area contributed by atoms with E-state index in [0.717, 1.165) is 15.4 Å². The largest absolute Gasteiger partial charge is 0.454 e. The molecule has 3 rings (SSSR count). The van der Waals surface area contributed by atoms with E-state index >= 15 is 0 Å². The van der Waals surface area contributed by atoms with E-state index in [9.17, 15) is 18.0 Å². The van der Waals surface area contributed by atoms with Gasteiger partial charge in [-0.05, 0) is 62.6 Å². The molecular formula is C21H23ClN2O5S. The summed E-state index contributed by atoms with van der Waals surface area (Å²) in [5, 5.41) is 3.11.